The van der Waals surface area contributed by atoms with Crippen molar-refractivity contribution >= 4 is 11.3 Å². The zero-order valence-electron chi connectivity index (χ0n) is 10.9. The Balaban J connectivity index is 1.85. The van der Waals surface area contributed by atoms with Gasteiger partial charge in [-0.1, -0.05) is 26.3 Å². The number of hydrogen-bond donors (Lipinski definition) is 2. The smallest absolute Gasteiger partial charge is 0.0115 e. The molecule has 0 spiro atoms. The lowest BCUT2D eigenvalue weighted by Crippen LogP contribution is -2.43. The van der Waals surface area contributed by atoms with Gasteiger partial charge in [-0.25, -0.2) is 0 Å². The van der Waals surface area contributed by atoms with Crippen molar-refractivity contribution < 1.29 is 0 Å². The molecule has 1 heterocycles. The highest BCUT2D eigenvalue weighted by Crippen LogP contribution is 2.27. The third-order valence-electron chi connectivity index (χ3n) is 3.74. The Bertz CT molecular complexity index is 332. The maximum absolute atomic E-state index is 6.02. The SMILES string of the molecule is CC(C)(CNC1CCCC(N)C1)c1cccs1. The average molecular weight is 252 g/mol. The van der Waals surface area contributed by atoms with Crippen LogP contribution in [0.5, 0.6) is 0 Å². The van der Waals surface area contributed by atoms with E-state index in [1.165, 1.54) is 24.1 Å². The normalized spacial score (nSPS) is 26.1. The predicted molar refractivity (Wildman–Crippen MR) is 75.6 cm³/mol. The predicted octanol–water partition coefficient (Wildman–Crippen LogP) is 2.89. The Labute approximate surface area is 109 Å². The van der Waals surface area contributed by atoms with Crippen molar-refractivity contribution in [3.63, 3.8) is 0 Å². The summed E-state index contributed by atoms with van der Waals surface area (Å²) in [5.41, 5.74) is 6.25. The van der Waals surface area contributed by atoms with E-state index in [9.17, 15) is 0 Å². The lowest BCUT2D eigenvalue weighted by Gasteiger charge is -2.31. The first-order chi connectivity index (χ1) is 8.08. The summed E-state index contributed by atoms with van der Waals surface area (Å²) in [5.74, 6) is 0. The largest absolute Gasteiger partial charge is 0.328 e. The van der Waals surface area contributed by atoms with Crippen LogP contribution >= 0.6 is 11.3 Å². The summed E-state index contributed by atoms with van der Waals surface area (Å²) in [6.07, 6.45) is 4.90. The zero-order valence-corrected chi connectivity index (χ0v) is 11.7. The van der Waals surface area contributed by atoms with E-state index in [2.05, 4.69) is 36.7 Å². The topological polar surface area (TPSA) is 38.0 Å². The lowest BCUT2D eigenvalue weighted by molar-refractivity contribution is 0.318. The molecule has 96 valence electrons. The third-order valence-corrected chi connectivity index (χ3v) is 4.97. The quantitative estimate of drug-likeness (QED) is 0.865. The van der Waals surface area contributed by atoms with E-state index in [1.807, 2.05) is 11.3 Å². The summed E-state index contributed by atoms with van der Waals surface area (Å²) in [4.78, 5) is 1.46. The standard InChI is InChI=1S/C14H24N2S/c1-14(2,13-7-4-8-17-13)10-16-12-6-3-5-11(15)9-12/h4,7-8,11-12,16H,3,5-6,9-10,15H2,1-2H3. The fourth-order valence-corrected chi connectivity index (χ4v) is 3.42. The number of nitrogens with one attached hydrogen (secondary N) is 1. The molecule has 3 heteroatoms. The van der Waals surface area contributed by atoms with Crippen LogP contribution in [0.25, 0.3) is 0 Å². The highest BCUT2D eigenvalue weighted by Gasteiger charge is 2.25. The van der Waals surface area contributed by atoms with Gasteiger partial charge in [-0.2, -0.15) is 0 Å². The zero-order chi connectivity index (χ0) is 12.3. The first-order valence-corrected chi connectivity index (χ1v) is 7.49. The van der Waals surface area contributed by atoms with E-state index in [-0.39, 0.29) is 5.41 Å². The summed E-state index contributed by atoms with van der Waals surface area (Å²) < 4.78 is 0. The first-order valence-electron chi connectivity index (χ1n) is 6.61. The van der Waals surface area contributed by atoms with Gasteiger partial charge in [-0.05, 0) is 30.7 Å². The molecule has 2 nitrogen and oxygen atoms in total. The van der Waals surface area contributed by atoms with Gasteiger partial charge in [0.05, 0.1) is 0 Å². The van der Waals surface area contributed by atoms with Gasteiger partial charge >= 0.3 is 0 Å². The van der Waals surface area contributed by atoms with E-state index in [0.717, 1.165) is 13.0 Å². The minimum absolute atomic E-state index is 0.232. The van der Waals surface area contributed by atoms with Crippen LogP contribution < -0.4 is 11.1 Å². The molecule has 0 aromatic carbocycles. The molecule has 1 aliphatic rings. The van der Waals surface area contributed by atoms with Gasteiger partial charge in [-0.3, -0.25) is 0 Å². The molecule has 1 aromatic heterocycles. The second-order valence-corrected chi connectivity index (χ2v) is 6.81. The molecule has 1 aromatic rings. The Morgan fingerprint density at radius 2 is 2.29 bits per heavy atom. The molecule has 17 heavy (non-hydrogen) atoms. The van der Waals surface area contributed by atoms with Crippen LogP contribution in [0.3, 0.4) is 0 Å². The van der Waals surface area contributed by atoms with Crippen molar-refractivity contribution in [1.29, 1.82) is 0 Å². The highest BCUT2D eigenvalue weighted by molar-refractivity contribution is 7.10. The van der Waals surface area contributed by atoms with Crippen LogP contribution in [0, 0.1) is 0 Å². The number of rotatable bonds is 4. The van der Waals surface area contributed by atoms with Crippen molar-refractivity contribution in [1.82, 2.24) is 5.32 Å². The number of nitrogens with two attached hydrogens (primary N) is 1. The number of thiophene rings is 1. The van der Waals surface area contributed by atoms with Crippen molar-refractivity contribution in [2.24, 2.45) is 5.73 Å². The molecule has 0 radical (unpaired) electrons. The van der Waals surface area contributed by atoms with Crippen LogP contribution in [-0.4, -0.2) is 18.6 Å². The molecule has 1 aliphatic carbocycles. The van der Waals surface area contributed by atoms with Crippen LogP contribution in [0.4, 0.5) is 0 Å². The van der Waals surface area contributed by atoms with Crippen LogP contribution in [0.1, 0.15) is 44.4 Å². The van der Waals surface area contributed by atoms with Crippen LogP contribution in [-0.2, 0) is 5.41 Å². The second kappa shape index (κ2) is 5.51. The van der Waals surface area contributed by atoms with Crippen molar-refractivity contribution in [3.05, 3.63) is 22.4 Å². The van der Waals surface area contributed by atoms with Crippen molar-refractivity contribution in [2.45, 2.75) is 57.0 Å². The second-order valence-electron chi connectivity index (χ2n) is 5.87. The average Bonchev–Trinajstić information content (AvgIpc) is 2.81. The van der Waals surface area contributed by atoms with E-state index in [0.29, 0.717) is 12.1 Å². The fraction of sp³-hybridized carbons (Fsp3) is 0.714. The molecule has 0 aliphatic heterocycles. The minimum Gasteiger partial charge on any atom is -0.328 e. The first kappa shape index (κ1) is 13.1. The van der Waals surface area contributed by atoms with Crippen LogP contribution in [0.15, 0.2) is 17.5 Å². The third kappa shape index (κ3) is 3.54. The molecule has 0 saturated heterocycles. The summed E-state index contributed by atoms with van der Waals surface area (Å²) in [5, 5.41) is 5.87. The number of hydrogen-bond acceptors (Lipinski definition) is 3. The summed E-state index contributed by atoms with van der Waals surface area (Å²) in [6, 6.07) is 5.40. The van der Waals surface area contributed by atoms with E-state index >= 15 is 0 Å². The maximum Gasteiger partial charge on any atom is 0.0115 e. The van der Waals surface area contributed by atoms with Crippen molar-refractivity contribution in [3.8, 4) is 0 Å². The van der Waals surface area contributed by atoms with Crippen molar-refractivity contribution in [2.75, 3.05) is 6.54 Å². The van der Waals surface area contributed by atoms with E-state index < -0.39 is 0 Å². The molecular weight excluding hydrogens is 228 g/mol. The van der Waals surface area contributed by atoms with Crippen LogP contribution in [0.2, 0.25) is 0 Å². The molecule has 0 amide bonds. The van der Waals surface area contributed by atoms with Gasteiger partial charge in [0, 0.05) is 28.9 Å². The molecule has 2 rings (SSSR count). The van der Waals surface area contributed by atoms with Gasteiger partial charge in [0.15, 0.2) is 0 Å². The Kier molecular flexibility index (Phi) is 4.23. The molecular formula is C14H24N2S. The van der Waals surface area contributed by atoms with E-state index in [4.69, 9.17) is 5.73 Å². The molecule has 1 saturated carbocycles. The Morgan fingerprint density at radius 3 is 2.94 bits per heavy atom. The van der Waals surface area contributed by atoms with Gasteiger partial charge in [0.1, 0.15) is 0 Å². The molecule has 3 N–H and O–H groups in total. The summed E-state index contributed by atoms with van der Waals surface area (Å²) in [6.45, 7) is 5.67. The maximum atomic E-state index is 6.02. The molecule has 2 atom stereocenters. The summed E-state index contributed by atoms with van der Waals surface area (Å²) >= 11 is 1.85. The lowest BCUT2D eigenvalue weighted by atomic mass is 9.88. The highest BCUT2D eigenvalue weighted by atomic mass is 32.1. The van der Waals surface area contributed by atoms with Gasteiger partial charge in [0.25, 0.3) is 0 Å². The van der Waals surface area contributed by atoms with E-state index in [1.54, 1.807) is 0 Å². The fourth-order valence-electron chi connectivity index (χ4n) is 2.56. The van der Waals surface area contributed by atoms with Gasteiger partial charge < -0.3 is 11.1 Å². The minimum atomic E-state index is 0.232. The Hall–Kier alpha value is -0.380. The summed E-state index contributed by atoms with van der Waals surface area (Å²) in [7, 11) is 0. The monoisotopic (exact) mass is 252 g/mol. The Morgan fingerprint density at radius 1 is 1.47 bits per heavy atom. The molecule has 2 unspecified atom stereocenters. The van der Waals surface area contributed by atoms with Gasteiger partial charge in [-0.15, -0.1) is 11.3 Å². The van der Waals surface area contributed by atoms with Gasteiger partial charge in [0.2, 0.25) is 0 Å². The molecule has 0 bridgehead atoms. The molecule has 1 fully saturated rings.